The topological polar surface area (TPSA) is 95.4 Å². The van der Waals surface area contributed by atoms with Crippen LogP contribution < -0.4 is 5.32 Å². The molecule has 3 rings (SSSR count). The zero-order valence-electron chi connectivity index (χ0n) is 14.3. The first kappa shape index (κ1) is 18.3. The second kappa shape index (κ2) is 8.29. The van der Waals surface area contributed by atoms with E-state index in [0.29, 0.717) is 18.5 Å². The third-order valence-corrected chi connectivity index (χ3v) is 5.06. The fourth-order valence-electron chi connectivity index (χ4n) is 2.86. The quantitative estimate of drug-likeness (QED) is 0.783. The Labute approximate surface area is 155 Å². The number of aliphatic hydroxyl groups is 1. The van der Waals surface area contributed by atoms with Crippen molar-refractivity contribution in [3.63, 3.8) is 0 Å². The maximum absolute atomic E-state index is 12.6. The summed E-state index contributed by atoms with van der Waals surface area (Å²) in [5.74, 6) is -0.495. The van der Waals surface area contributed by atoms with Crippen LogP contribution >= 0.6 is 11.8 Å². The molecule has 0 spiro atoms. The lowest BCUT2D eigenvalue weighted by atomic mass is 10.0. The van der Waals surface area contributed by atoms with E-state index in [9.17, 15) is 14.7 Å². The molecule has 0 bridgehead atoms. The maximum atomic E-state index is 12.6. The van der Waals surface area contributed by atoms with E-state index in [4.69, 9.17) is 0 Å². The highest BCUT2D eigenvalue weighted by atomic mass is 32.2. The molecule has 2 amide bonds. The minimum atomic E-state index is -0.834. The number of carbonyl (C=O) groups excluding carboxylic acids is 2. The van der Waals surface area contributed by atoms with Crippen molar-refractivity contribution < 1.29 is 14.7 Å². The molecule has 1 saturated heterocycles. The van der Waals surface area contributed by atoms with Gasteiger partial charge in [0.25, 0.3) is 11.8 Å². The molecule has 1 fully saturated rings. The van der Waals surface area contributed by atoms with Crippen LogP contribution in [0.3, 0.4) is 0 Å². The van der Waals surface area contributed by atoms with E-state index in [1.165, 1.54) is 18.6 Å². The molecule has 2 heterocycles. The minimum Gasteiger partial charge on any atom is -0.389 e. The van der Waals surface area contributed by atoms with Gasteiger partial charge >= 0.3 is 0 Å². The summed E-state index contributed by atoms with van der Waals surface area (Å²) in [6.45, 7) is 0.639. The summed E-state index contributed by atoms with van der Waals surface area (Å²) < 4.78 is 0. The minimum absolute atomic E-state index is 0.115. The SMILES string of the molecule is CSc1ccc(C(=O)N2CC[C@@H](NC(=O)c3cnccn3)[C@H](O)C2)cc1. The van der Waals surface area contributed by atoms with Gasteiger partial charge in [0.2, 0.25) is 0 Å². The molecule has 26 heavy (non-hydrogen) atoms. The Morgan fingerprint density at radius 2 is 2.04 bits per heavy atom. The molecule has 7 nitrogen and oxygen atoms in total. The molecule has 2 atom stereocenters. The molecule has 0 saturated carbocycles. The smallest absolute Gasteiger partial charge is 0.271 e. The highest BCUT2D eigenvalue weighted by Gasteiger charge is 2.31. The molecule has 1 aliphatic heterocycles. The number of amides is 2. The molecule has 2 aromatic rings. The Bertz CT molecular complexity index is 770. The number of aliphatic hydroxyl groups excluding tert-OH is 1. The van der Waals surface area contributed by atoms with E-state index in [2.05, 4.69) is 15.3 Å². The average Bonchev–Trinajstić information content (AvgIpc) is 2.69. The summed E-state index contributed by atoms with van der Waals surface area (Å²) in [6, 6.07) is 6.97. The number of likely N-dealkylation sites (tertiary alicyclic amines) is 1. The van der Waals surface area contributed by atoms with Gasteiger partial charge in [-0.1, -0.05) is 0 Å². The average molecular weight is 372 g/mol. The second-order valence-corrected chi connectivity index (χ2v) is 6.89. The summed E-state index contributed by atoms with van der Waals surface area (Å²) in [4.78, 5) is 35.3. The van der Waals surface area contributed by atoms with Crippen molar-refractivity contribution in [1.29, 1.82) is 0 Å². The molecule has 1 aliphatic rings. The van der Waals surface area contributed by atoms with Crippen molar-refractivity contribution in [3.05, 3.63) is 54.1 Å². The van der Waals surface area contributed by atoms with Crippen molar-refractivity contribution in [2.45, 2.75) is 23.5 Å². The predicted octanol–water partition coefficient (Wildman–Crippen LogP) is 1.20. The Hall–Kier alpha value is -2.45. The molecule has 2 N–H and O–H groups in total. The highest BCUT2D eigenvalue weighted by Crippen LogP contribution is 2.18. The number of hydrogen-bond donors (Lipinski definition) is 2. The van der Waals surface area contributed by atoms with Crippen molar-refractivity contribution >= 4 is 23.6 Å². The lowest BCUT2D eigenvalue weighted by Crippen LogP contribution is -2.55. The Morgan fingerprint density at radius 1 is 1.27 bits per heavy atom. The monoisotopic (exact) mass is 372 g/mol. The summed E-state index contributed by atoms with van der Waals surface area (Å²) in [5, 5.41) is 13.1. The molecule has 136 valence electrons. The third-order valence-electron chi connectivity index (χ3n) is 4.32. The second-order valence-electron chi connectivity index (χ2n) is 6.01. The third kappa shape index (κ3) is 4.20. The zero-order chi connectivity index (χ0) is 18.5. The van der Waals surface area contributed by atoms with E-state index >= 15 is 0 Å². The van der Waals surface area contributed by atoms with Gasteiger partial charge in [-0.05, 0) is 36.9 Å². The van der Waals surface area contributed by atoms with Crippen LogP contribution in [0.1, 0.15) is 27.3 Å². The summed E-state index contributed by atoms with van der Waals surface area (Å²) in [6.07, 6.45) is 5.92. The lowest BCUT2D eigenvalue weighted by molar-refractivity contribution is 0.0314. The van der Waals surface area contributed by atoms with Crippen molar-refractivity contribution in [2.75, 3.05) is 19.3 Å². The molecular formula is C18H20N4O3S. The number of nitrogens with zero attached hydrogens (tertiary/aromatic N) is 3. The highest BCUT2D eigenvalue weighted by molar-refractivity contribution is 7.98. The number of piperidine rings is 1. The van der Waals surface area contributed by atoms with E-state index < -0.39 is 12.1 Å². The van der Waals surface area contributed by atoms with Crippen LogP contribution in [0.25, 0.3) is 0 Å². The normalized spacial score (nSPS) is 19.8. The van der Waals surface area contributed by atoms with Crippen LogP contribution in [-0.4, -0.2) is 63.3 Å². The van der Waals surface area contributed by atoms with Crippen LogP contribution in [0, 0.1) is 0 Å². The van der Waals surface area contributed by atoms with Crippen molar-refractivity contribution in [3.8, 4) is 0 Å². The van der Waals surface area contributed by atoms with Gasteiger partial charge in [0.1, 0.15) is 5.69 Å². The fraction of sp³-hybridized carbons (Fsp3) is 0.333. The number of aromatic nitrogens is 2. The number of thioether (sulfide) groups is 1. The van der Waals surface area contributed by atoms with Gasteiger partial charge in [0.15, 0.2) is 0 Å². The van der Waals surface area contributed by atoms with E-state index in [1.54, 1.807) is 28.8 Å². The van der Waals surface area contributed by atoms with Gasteiger partial charge in [-0.15, -0.1) is 11.8 Å². The van der Waals surface area contributed by atoms with Crippen LogP contribution in [-0.2, 0) is 0 Å². The van der Waals surface area contributed by atoms with E-state index in [-0.39, 0.29) is 24.1 Å². The van der Waals surface area contributed by atoms with Gasteiger partial charge in [-0.2, -0.15) is 0 Å². The van der Waals surface area contributed by atoms with Crippen LogP contribution in [0.4, 0.5) is 0 Å². The number of carbonyl (C=O) groups is 2. The summed E-state index contributed by atoms with van der Waals surface area (Å²) in [7, 11) is 0. The van der Waals surface area contributed by atoms with Gasteiger partial charge in [-0.25, -0.2) is 4.98 Å². The number of hydrogen-bond acceptors (Lipinski definition) is 6. The first-order chi connectivity index (χ1) is 12.6. The largest absolute Gasteiger partial charge is 0.389 e. The number of nitrogens with one attached hydrogen (secondary N) is 1. The van der Waals surface area contributed by atoms with Gasteiger partial charge in [0, 0.05) is 35.9 Å². The van der Waals surface area contributed by atoms with Crippen LogP contribution in [0.2, 0.25) is 0 Å². The molecular weight excluding hydrogens is 352 g/mol. The van der Waals surface area contributed by atoms with Gasteiger partial charge in [-0.3, -0.25) is 14.6 Å². The van der Waals surface area contributed by atoms with Gasteiger partial charge < -0.3 is 15.3 Å². The number of benzene rings is 1. The molecule has 0 radical (unpaired) electrons. The molecule has 0 aliphatic carbocycles. The summed E-state index contributed by atoms with van der Waals surface area (Å²) >= 11 is 1.61. The lowest BCUT2D eigenvalue weighted by Gasteiger charge is -2.36. The number of rotatable bonds is 4. The number of β-amino-alcohol motifs (C(OH)–C–C–N with tert-alkyl or cyclic N) is 1. The standard InChI is InChI=1S/C18H20N4O3S/c1-26-13-4-2-12(3-5-13)18(25)22-9-6-14(16(23)11-22)21-17(24)15-10-19-7-8-20-15/h2-5,7-8,10,14,16,23H,6,9,11H2,1H3,(H,21,24)/t14-,16-/m1/s1. The van der Waals surface area contributed by atoms with Crippen LogP contribution in [0.15, 0.2) is 47.8 Å². The first-order valence-corrected chi connectivity index (χ1v) is 9.49. The Morgan fingerprint density at radius 3 is 2.65 bits per heavy atom. The van der Waals surface area contributed by atoms with Crippen molar-refractivity contribution in [1.82, 2.24) is 20.2 Å². The van der Waals surface area contributed by atoms with Crippen molar-refractivity contribution in [2.24, 2.45) is 0 Å². The van der Waals surface area contributed by atoms with Crippen LogP contribution in [0.5, 0.6) is 0 Å². The maximum Gasteiger partial charge on any atom is 0.271 e. The molecule has 1 aromatic heterocycles. The zero-order valence-corrected chi connectivity index (χ0v) is 15.1. The van der Waals surface area contributed by atoms with E-state index in [0.717, 1.165) is 4.90 Å². The summed E-state index contributed by atoms with van der Waals surface area (Å²) in [5.41, 5.74) is 0.795. The Balaban J connectivity index is 1.59. The molecule has 8 heteroatoms. The van der Waals surface area contributed by atoms with Gasteiger partial charge in [0.05, 0.1) is 18.3 Å². The molecule has 1 aromatic carbocycles. The van der Waals surface area contributed by atoms with E-state index in [1.807, 2.05) is 18.4 Å². The Kier molecular flexibility index (Phi) is 5.85. The molecule has 0 unspecified atom stereocenters. The fourth-order valence-corrected chi connectivity index (χ4v) is 3.27. The predicted molar refractivity (Wildman–Crippen MR) is 98.0 cm³/mol. The first-order valence-electron chi connectivity index (χ1n) is 8.26.